The zero-order valence-corrected chi connectivity index (χ0v) is 25.8. The van der Waals surface area contributed by atoms with Crippen LogP contribution in [0.2, 0.25) is 0 Å². The van der Waals surface area contributed by atoms with Gasteiger partial charge in [-0.3, -0.25) is 4.79 Å². The van der Waals surface area contributed by atoms with Crippen molar-refractivity contribution in [2.45, 2.75) is 129 Å². The average molecular weight is 679 g/mol. The molecule has 3 heterocycles. The van der Waals surface area contributed by atoms with Crippen LogP contribution in [0.3, 0.4) is 0 Å². The monoisotopic (exact) mass is 678 g/mol. The van der Waals surface area contributed by atoms with Crippen molar-refractivity contribution in [3.8, 4) is 0 Å². The number of carbonyl (C=O) groups is 1. The van der Waals surface area contributed by atoms with Crippen LogP contribution in [0.1, 0.15) is 19.3 Å². The van der Waals surface area contributed by atoms with Gasteiger partial charge >= 0.3 is 0 Å². The fourth-order valence-electron chi connectivity index (χ4n) is 6.66. The molecular formula is C28H50N6O13. The lowest BCUT2D eigenvalue weighted by Gasteiger charge is -2.46. The number of nitrogens with two attached hydrogens (primary N) is 6. The Hall–Kier alpha value is -1.31. The van der Waals surface area contributed by atoms with Crippen molar-refractivity contribution in [3.05, 3.63) is 12.2 Å². The Morgan fingerprint density at radius 3 is 2.04 bits per heavy atom. The van der Waals surface area contributed by atoms with E-state index in [9.17, 15) is 35.4 Å². The molecular weight excluding hydrogens is 628 g/mol. The highest BCUT2D eigenvalue weighted by Crippen LogP contribution is 2.41. The van der Waals surface area contributed by atoms with E-state index in [4.69, 9.17) is 62.8 Å². The molecule has 270 valence electrons. The van der Waals surface area contributed by atoms with Gasteiger partial charge in [0, 0.05) is 38.0 Å². The Morgan fingerprint density at radius 2 is 1.43 bits per heavy atom. The molecule has 19 heteroatoms. The molecule has 0 aromatic heterocycles. The van der Waals surface area contributed by atoms with E-state index < -0.39 is 128 Å². The van der Waals surface area contributed by atoms with Crippen molar-refractivity contribution in [1.29, 1.82) is 0 Å². The van der Waals surface area contributed by atoms with E-state index in [1.54, 1.807) is 12.2 Å². The predicted octanol–water partition coefficient (Wildman–Crippen LogP) is -7.35. The van der Waals surface area contributed by atoms with Gasteiger partial charge in [0.2, 0.25) is 0 Å². The minimum Gasteiger partial charge on any atom is -0.394 e. The molecule has 0 spiro atoms. The molecule has 2 aliphatic carbocycles. The first-order chi connectivity index (χ1) is 22.2. The fraction of sp³-hybridized carbons (Fsp3) is 0.893. The molecule has 47 heavy (non-hydrogen) atoms. The van der Waals surface area contributed by atoms with E-state index in [1.807, 2.05) is 0 Å². The van der Waals surface area contributed by atoms with Gasteiger partial charge in [0.1, 0.15) is 54.4 Å². The summed E-state index contributed by atoms with van der Waals surface area (Å²) in [4.78, 5) is 12.9. The van der Waals surface area contributed by atoms with Crippen molar-refractivity contribution in [1.82, 2.24) is 0 Å². The third-order valence-electron chi connectivity index (χ3n) is 9.78. The van der Waals surface area contributed by atoms with Crippen LogP contribution in [0.4, 0.5) is 0 Å². The van der Waals surface area contributed by atoms with Crippen LogP contribution in [0.25, 0.3) is 0 Å². The molecule has 0 aromatic carbocycles. The topological polar surface area (TPSA) is 350 Å². The van der Waals surface area contributed by atoms with Crippen LogP contribution >= 0.6 is 0 Å². The molecule has 0 radical (unpaired) electrons. The molecule has 18 N–H and O–H groups in total. The van der Waals surface area contributed by atoms with Crippen LogP contribution in [0.15, 0.2) is 12.2 Å². The van der Waals surface area contributed by atoms with Gasteiger partial charge in [0.05, 0.1) is 30.9 Å². The Labute approximate surface area is 271 Å². The van der Waals surface area contributed by atoms with E-state index in [0.717, 1.165) is 0 Å². The van der Waals surface area contributed by atoms with E-state index in [2.05, 4.69) is 0 Å². The first kappa shape index (κ1) is 37.0. The van der Waals surface area contributed by atoms with Crippen LogP contribution in [-0.4, -0.2) is 166 Å². The first-order valence-electron chi connectivity index (χ1n) is 15.9. The molecule has 4 fully saturated rings. The van der Waals surface area contributed by atoms with Crippen LogP contribution < -0.4 is 34.4 Å². The Kier molecular flexibility index (Phi) is 11.7. The second-order valence-corrected chi connectivity index (χ2v) is 13.1. The summed E-state index contributed by atoms with van der Waals surface area (Å²) in [7, 11) is 0. The van der Waals surface area contributed by atoms with Crippen LogP contribution in [0.5, 0.6) is 0 Å². The van der Waals surface area contributed by atoms with Crippen LogP contribution in [-0.2, 0) is 33.2 Å². The molecule has 0 aromatic rings. The van der Waals surface area contributed by atoms with E-state index in [0.29, 0.717) is 0 Å². The summed E-state index contributed by atoms with van der Waals surface area (Å²) in [6.45, 7) is -0.691. The van der Waals surface area contributed by atoms with Gasteiger partial charge in [-0.05, 0) is 12.3 Å². The molecule has 19 nitrogen and oxygen atoms in total. The van der Waals surface area contributed by atoms with Gasteiger partial charge in [0.15, 0.2) is 24.7 Å². The van der Waals surface area contributed by atoms with Crippen molar-refractivity contribution < 1.29 is 63.9 Å². The SMILES string of the molecule is NC[C@@H]1O[C@H](O[C@H]2[C@@H](O)[C@H](O[C@@H]3[C@@H](O)[C@H](CC(=O)C4(O)CC4N)C[C@H](N)[C@H]3O[C@H]3O[C@H](CN)C=C[C@H]3N)O[C@@H]2CO)[C@H](N)[C@@H](O)[C@@H]1O. The van der Waals surface area contributed by atoms with Gasteiger partial charge in [-0.25, -0.2) is 0 Å². The third kappa shape index (κ3) is 7.43. The zero-order chi connectivity index (χ0) is 34.4. The molecule has 5 rings (SSSR count). The lowest BCUT2D eigenvalue weighted by atomic mass is 9.76. The van der Waals surface area contributed by atoms with E-state index >= 15 is 0 Å². The quantitative estimate of drug-likeness (QED) is 0.0852. The van der Waals surface area contributed by atoms with Crippen molar-refractivity contribution in [2.24, 2.45) is 40.3 Å². The van der Waals surface area contributed by atoms with E-state index in [-0.39, 0.29) is 32.4 Å². The molecule has 3 aliphatic heterocycles. The van der Waals surface area contributed by atoms with Gasteiger partial charge in [-0.1, -0.05) is 12.2 Å². The summed E-state index contributed by atoms with van der Waals surface area (Å²) >= 11 is 0. The van der Waals surface area contributed by atoms with Gasteiger partial charge in [0.25, 0.3) is 0 Å². The number of aliphatic hydroxyl groups excluding tert-OH is 5. The van der Waals surface area contributed by atoms with Crippen molar-refractivity contribution in [3.63, 3.8) is 0 Å². The zero-order valence-electron chi connectivity index (χ0n) is 25.8. The number of hydrogen-bond acceptors (Lipinski definition) is 19. The highest BCUT2D eigenvalue weighted by atomic mass is 16.8. The second kappa shape index (κ2) is 14.9. The maximum absolute atomic E-state index is 12.9. The minimum absolute atomic E-state index is 0.0767. The number of ketones is 1. The summed E-state index contributed by atoms with van der Waals surface area (Å²) in [5.74, 6) is -1.36. The summed E-state index contributed by atoms with van der Waals surface area (Å²) < 4.78 is 35.5. The normalized spacial score (nSPS) is 51.7. The van der Waals surface area contributed by atoms with Crippen molar-refractivity contribution >= 4 is 5.78 Å². The number of ether oxygens (including phenoxy) is 6. The van der Waals surface area contributed by atoms with E-state index in [1.165, 1.54) is 0 Å². The Balaban J connectivity index is 1.35. The van der Waals surface area contributed by atoms with Gasteiger partial charge in [-0.2, -0.15) is 0 Å². The number of rotatable bonds is 12. The van der Waals surface area contributed by atoms with Gasteiger partial charge in [-0.15, -0.1) is 0 Å². The lowest BCUT2D eigenvalue weighted by Crippen LogP contribution is -2.64. The second-order valence-electron chi connectivity index (χ2n) is 13.1. The molecule has 0 amide bonds. The smallest absolute Gasteiger partial charge is 0.187 e. The highest BCUT2D eigenvalue weighted by Gasteiger charge is 2.58. The number of Topliss-reactive ketones (excluding diaryl/α,β-unsaturated/α-hetero) is 1. The van der Waals surface area contributed by atoms with Crippen LogP contribution in [0, 0.1) is 5.92 Å². The molecule has 19 atom stereocenters. The fourth-order valence-corrected chi connectivity index (χ4v) is 6.66. The lowest BCUT2D eigenvalue weighted by molar-refractivity contribution is -0.286. The molecule has 5 aliphatic rings. The summed E-state index contributed by atoms with van der Waals surface area (Å²) in [6.07, 6.45) is -13.2. The average Bonchev–Trinajstić information content (AvgIpc) is 3.57. The Morgan fingerprint density at radius 1 is 0.787 bits per heavy atom. The third-order valence-corrected chi connectivity index (χ3v) is 9.78. The maximum atomic E-state index is 12.9. The highest BCUT2D eigenvalue weighted by molar-refractivity contribution is 5.91. The van der Waals surface area contributed by atoms with Gasteiger partial charge < -0.3 is 93.5 Å². The number of carbonyl (C=O) groups excluding carboxylic acids is 1. The standard InChI is InChI=1S/C28H50N6O13/c29-6-10-1-2-11(31)25(42-10)45-22-12(32)3-9(4-16(36)28(41)5-15(28)33)18(37)24(22)47-27-21(40)23(14(8-35)44-27)46-26-17(34)20(39)19(38)13(7-30)43-26/h1-2,9-15,17-27,35,37-41H,3-8,29-34H2/t9-,10-,11+,12-,13-,14+,15?,17+,18-,19+,20+,21+,22+,23+,24+,25+,26+,27-,28?/m0/s1. The maximum Gasteiger partial charge on any atom is 0.187 e. The molecule has 0 bridgehead atoms. The summed E-state index contributed by atoms with van der Waals surface area (Å²) in [5.41, 5.74) is 34.3. The summed E-state index contributed by atoms with van der Waals surface area (Å²) in [6, 6.07) is -3.56. The Bertz CT molecular complexity index is 1110. The number of hydrogen-bond donors (Lipinski definition) is 12. The minimum atomic E-state index is -1.68. The van der Waals surface area contributed by atoms with Crippen molar-refractivity contribution in [2.75, 3.05) is 19.7 Å². The molecule has 2 unspecified atom stereocenters. The summed E-state index contributed by atoms with van der Waals surface area (Å²) in [5, 5.41) is 64.1. The number of aliphatic hydroxyl groups is 6. The predicted molar refractivity (Wildman–Crippen MR) is 158 cm³/mol. The first-order valence-corrected chi connectivity index (χ1v) is 15.9. The largest absolute Gasteiger partial charge is 0.394 e. The molecule has 2 saturated carbocycles. The molecule has 2 saturated heterocycles.